The highest BCUT2D eigenvalue weighted by Gasteiger charge is 2.16. The van der Waals surface area contributed by atoms with Crippen LogP contribution in [0.15, 0.2) is 71.8 Å². The van der Waals surface area contributed by atoms with E-state index in [2.05, 4.69) is 10.3 Å². The van der Waals surface area contributed by atoms with Gasteiger partial charge < -0.3 is 10.1 Å². The van der Waals surface area contributed by atoms with Gasteiger partial charge in [-0.05, 0) is 37.1 Å². The van der Waals surface area contributed by atoms with E-state index in [0.717, 1.165) is 16.0 Å². The normalized spacial score (nSPS) is 11.2. The Balaban J connectivity index is 1.54. The predicted octanol–water partition coefficient (Wildman–Crippen LogP) is 4.52. The van der Waals surface area contributed by atoms with Crippen molar-refractivity contribution in [1.82, 2.24) is 9.38 Å². The summed E-state index contributed by atoms with van der Waals surface area (Å²) in [4.78, 5) is 31.6. The summed E-state index contributed by atoms with van der Waals surface area (Å²) in [5, 5.41) is 2.79. The lowest BCUT2D eigenvalue weighted by Gasteiger charge is -2.10. The van der Waals surface area contributed by atoms with Gasteiger partial charge in [0.15, 0.2) is 4.96 Å². The van der Waals surface area contributed by atoms with E-state index in [1.807, 2.05) is 62.4 Å². The molecule has 0 aliphatic carbocycles. The Bertz CT molecular complexity index is 1260. The van der Waals surface area contributed by atoms with Crippen LogP contribution < -0.4 is 10.9 Å². The second-order valence-electron chi connectivity index (χ2n) is 7.50. The molecule has 0 fully saturated rings. The molecule has 0 unspecified atom stereocenters. The SMILES string of the molecule is CC(C)OCc1cccc(NC(=O)c2cnc3sc(Cc4ccccc4)cn3c2=O)c1. The molecule has 1 amide bonds. The van der Waals surface area contributed by atoms with Gasteiger partial charge in [-0.3, -0.25) is 14.0 Å². The number of nitrogens with one attached hydrogen (secondary N) is 1. The molecule has 1 N–H and O–H groups in total. The fraction of sp³-hybridized carbons (Fsp3) is 0.208. The third kappa shape index (κ3) is 5.07. The molecule has 0 radical (unpaired) electrons. The van der Waals surface area contributed by atoms with Crippen LogP contribution in [0.2, 0.25) is 0 Å². The maximum Gasteiger partial charge on any atom is 0.271 e. The fourth-order valence-corrected chi connectivity index (χ4v) is 4.14. The molecular weight excluding hydrogens is 410 g/mol. The lowest BCUT2D eigenvalue weighted by Crippen LogP contribution is -2.25. The van der Waals surface area contributed by atoms with Crippen molar-refractivity contribution in [3.05, 3.63) is 98.9 Å². The topological polar surface area (TPSA) is 72.7 Å². The van der Waals surface area contributed by atoms with Crippen LogP contribution in [0.25, 0.3) is 4.96 Å². The largest absolute Gasteiger partial charge is 0.374 e. The molecule has 7 heteroatoms. The van der Waals surface area contributed by atoms with Crippen LogP contribution in [0.4, 0.5) is 5.69 Å². The van der Waals surface area contributed by atoms with Gasteiger partial charge >= 0.3 is 0 Å². The number of hydrogen-bond acceptors (Lipinski definition) is 5. The van der Waals surface area contributed by atoms with Crippen LogP contribution in [-0.2, 0) is 17.8 Å². The molecule has 31 heavy (non-hydrogen) atoms. The van der Waals surface area contributed by atoms with Crippen LogP contribution in [0.3, 0.4) is 0 Å². The quantitative estimate of drug-likeness (QED) is 0.465. The minimum atomic E-state index is -0.482. The number of benzene rings is 2. The molecule has 6 nitrogen and oxygen atoms in total. The predicted molar refractivity (Wildman–Crippen MR) is 123 cm³/mol. The summed E-state index contributed by atoms with van der Waals surface area (Å²) in [7, 11) is 0. The number of carbonyl (C=O) groups excluding carboxylic acids is 1. The summed E-state index contributed by atoms with van der Waals surface area (Å²) in [5.41, 5.74) is 2.33. The van der Waals surface area contributed by atoms with Crippen LogP contribution in [0, 0.1) is 0 Å². The van der Waals surface area contributed by atoms with Crippen LogP contribution in [0.1, 0.15) is 40.2 Å². The van der Waals surface area contributed by atoms with Gasteiger partial charge in [0.25, 0.3) is 11.5 Å². The number of anilines is 1. The average Bonchev–Trinajstić information content (AvgIpc) is 3.17. The van der Waals surface area contributed by atoms with Gasteiger partial charge in [-0.25, -0.2) is 4.98 Å². The Hall–Kier alpha value is -3.29. The number of thiazole rings is 1. The van der Waals surface area contributed by atoms with E-state index in [4.69, 9.17) is 4.74 Å². The first-order valence-corrected chi connectivity index (χ1v) is 10.9. The molecular formula is C24H23N3O3S. The minimum absolute atomic E-state index is 0.00499. The van der Waals surface area contributed by atoms with Gasteiger partial charge in [0.05, 0.1) is 12.7 Å². The maximum atomic E-state index is 12.9. The number of ether oxygens (including phenoxy) is 1. The molecule has 4 rings (SSSR count). The Morgan fingerprint density at radius 2 is 1.90 bits per heavy atom. The standard InChI is InChI=1S/C24H23N3O3S/c1-16(2)30-15-18-9-6-10-19(11-18)26-22(28)21-13-25-24-27(23(21)29)14-20(31-24)12-17-7-4-3-5-8-17/h3-11,13-14,16H,12,15H2,1-2H3,(H,26,28). The van der Waals surface area contributed by atoms with Crippen molar-refractivity contribution < 1.29 is 9.53 Å². The van der Waals surface area contributed by atoms with E-state index in [9.17, 15) is 9.59 Å². The van der Waals surface area contributed by atoms with Gasteiger partial charge in [0.1, 0.15) is 5.56 Å². The van der Waals surface area contributed by atoms with Gasteiger partial charge in [-0.1, -0.05) is 42.5 Å². The highest BCUT2D eigenvalue weighted by molar-refractivity contribution is 7.17. The lowest BCUT2D eigenvalue weighted by atomic mass is 10.1. The van der Waals surface area contributed by atoms with Crippen LogP contribution >= 0.6 is 11.3 Å². The van der Waals surface area contributed by atoms with E-state index in [-0.39, 0.29) is 17.2 Å². The van der Waals surface area contributed by atoms with E-state index in [1.54, 1.807) is 12.3 Å². The summed E-state index contributed by atoms with van der Waals surface area (Å²) in [6, 6.07) is 17.4. The highest BCUT2D eigenvalue weighted by Crippen LogP contribution is 2.19. The Morgan fingerprint density at radius 1 is 1.13 bits per heavy atom. The monoisotopic (exact) mass is 433 g/mol. The van der Waals surface area contributed by atoms with E-state index < -0.39 is 5.91 Å². The van der Waals surface area contributed by atoms with Crippen molar-refractivity contribution in [2.75, 3.05) is 5.32 Å². The lowest BCUT2D eigenvalue weighted by molar-refractivity contribution is 0.0657. The summed E-state index contributed by atoms with van der Waals surface area (Å²) < 4.78 is 7.06. The summed E-state index contributed by atoms with van der Waals surface area (Å²) in [5.74, 6) is -0.482. The molecule has 0 spiro atoms. The number of aromatic nitrogens is 2. The summed E-state index contributed by atoms with van der Waals surface area (Å²) in [6.45, 7) is 4.40. The second kappa shape index (κ2) is 9.24. The van der Waals surface area contributed by atoms with Crippen molar-refractivity contribution in [2.24, 2.45) is 0 Å². The Morgan fingerprint density at radius 3 is 2.68 bits per heavy atom. The molecule has 0 aliphatic rings. The second-order valence-corrected chi connectivity index (χ2v) is 8.60. The number of amides is 1. The zero-order valence-electron chi connectivity index (χ0n) is 17.4. The Kier molecular flexibility index (Phi) is 6.25. The van der Waals surface area contributed by atoms with Crippen LogP contribution in [0.5, 0.6) is 0 Å². The van der Waals surface area contributed by atoms with Gasteiger partial charge in [0, 0.05) is 29.4 Å². The van der Waals surface area contributed by atoms with Crippen LogP contribution in [-0.4, -0.2) is 21.4 Å². The summed E-state index contributed by atoms with van der Waals surface area (Å²) >= 11 is 1.45. The first kappa shape index (κ1) is 21.0. The third-order valence-corrected chi connectivity index (χ3v) is 5.69. The van der Waals surface area contributed by atoms with Crippen molar-refractivity contribution in [2.45, 2.75) is 33.0 Å². The Labute approximate surface area is 184 Å². The van der Waals surface area contributed by atoms with E-state index in [0.29, 0.717) is 23.7 Å². The molecule has 0 saturated carbocycles. The number of hydrogen-bond donors (Lipinski definition) is 1. The smallest absolute Gasteiger partial charge is 0.271 e. The molecule has 0 bridgehead atoms. The van der Waals surface area contributed by atoms with Crippen molar-refractivity contribution in [3.8, 4) is 0 Å². The first-order valence-electron chi connectivity index (χ1n) is 10.1. The minimum Gasteiger partial charge on any atom is -0.374 e. The molecule has 0 saturated heterocycles. The summed E-state index contributed by atoms with van der Waals surface area (Å²) in [6.07, 6.45) is 3.94. The van der Waals surface area contributed by atoms with Gasteiger partial charge in [-0.15, -0.1) is 11.3 Å². The van der Waals surface area contributed by atoms with E-state index >= 15 is 0 Å². The molecule has 0 aliphatic heterocycles. The molecule has 0 atom stereocenters. The van der Waals surface area contributed by atoms with Crippen molar-refractivity contribution >= 4 is 27.9 Å². The zero-order valence-corrected chi connectivity index (χ0v) is 18.2. The van der Waals surface area contributed by atoms with Crippen molar-refractivity contribution in [3.63, 3.8) is 0 Å². The molecule has 2 heterocycles. The van der Waals surface area contributed by atoms with Gasteiger partial charge in [0.2, 0.25) is 0 Å². The molecule has 158 valence electrons. The third-order valence-electron chi connectivity index (χ3n) is 4.69. The number of carbonyl (C=O) groups is 1. The van der Waals surface area contributed by atoms with E-state index in [1.165, 1.54) is 21.9 Å². The van der Waals surface area contributed by atoms with Gasteiger partial charge in [-0.2, -0.15) is 0 Å². The molecule has 2 aromatic carbocycles. The maximum absolute atomic E-state index is 12.9. The fourth-order valence-electron chi connectivity index (χ4n) is 3.17. The number of nitrogens with zero attached hydrogens (tertiary/aromatic N) is 2. The van der Waals surface area contributed by atoms with Crippen molar-refractivity contribution in [1.29, 1.82) is 0 Å². The molecule has 2 aromatic heterocycles. The zero-order chi connectivity index (χ0) is 21.8. The number of rotatable bonds is 7. The molecule has 4 aromatic rings. The first-order chi connectivity index (χ1) is 15.0. The average molecular weight is 434 g/mol. The highest BCUT2D eigenvalue weighted by atomic mass is 32.1. The number of fused-ring (bicyclic) bond motifs is 1.